The Morgan fingerprint density at radius 3 is 3.20 bits per heavy atom. The van der Waals surface area contributed by atoms with Crippen LogP contribution < -0.4 is 5.32 Å². The highest BCUT2D eigenvalue weighted by Crippen LogP contribution is 2.06. The molecule has 1 unspecified atom stereocenters. The lowest BCUT2D eigenvalue weighted by Gasteiger charge is -2.11. The SMILES string of the molecule is CC1CNC(=O)N1N=Cc1cccnc1. The number of pyridine rings is 1. The van der Waals surface area contributed by atoms with E-state index in [0.29, 0.717) is 6.54 Å². The Kier molecular flexibility index (Phi) is 2.62. The van der Waals surface area contributed by atoms with Crippen LogP contribution in [0.25, 0.3) is 0 Å². The summed E-state index contributed by atoms with van der Waals surface area (Å²) in [5.41, 5.74) is 0.879. The number of nitrogens with zero attached hydrogens (tertiary/aromatic N) is 3. The van der Waals surface area contributed by atoms with E-state index in [2.05, 4.69) is 15.4 Å². The maximum absolute atomic E-state index is 11.3. The lowest BCUT2D eigenvalue weighted by atomic mass is 10.3. The first-order valence-corrected chi connectivity index (χ1v) is 4.78. The van der Waals surface area contributed by atoms with Crippen molar-refractivity contribution in [3.63, 3.8) is 0 Å². The van der Waals surface area contributed by atoms with Crippen LogP contribution in [0.15, 0.2) is 29.6 Å². The number of hydrogen-bond donors (Lipinski definition) is 1. The highest BCUT2D eigenvalue weighted by atomic mass is 16.2. The van der Waals surface area contributed by atoms with Crippen molar-refractivity contribution in [1.29, 1.82) is 0 Å². The molecule has 1 atom stereocenters. The van der Waals surface area contributed by atoms with Crippen LogP contribution in [0.1, 0.15) is 12.5 Å². The van der Waals surface area contributed by atoms with Crippen molar-refractivity contribution >= 4 is 12.2 Å². The molecule has 1 N–H and O–H groups in total. The number of nitrogens with one attached hydrogen (secondary N) is 1. The predicted octanol–water partition coefficient (Wildman–Crippen LogP) is 0.829. The molecule has 0 saturated carbocycles. The van der Waals surface area contributed by atoms with E-state index < -0.39 is 0 Å². The quantitative estimate of drug-likeness (QED) is 0.725. The van der Waals surface area contributed by atoms with E-state index in [-0.39, 0.29) is 12.1 Å². The lowest BCUT2D eigenvalue weighted by Crippen LogP contribution is -2.27. The minimum Gasteiger partial charge on any atom is -0.334 e. The zero-order chi connectivity index (χ0) is 10.7. The summed E-state index contributed by atoms with van der Waals surface area (Å²) in [6.45, 7) is 2.59. The first-order valence-electron chi connectivity index (χ1n) is 4.78. The maximum atomic E-state index is 11.3. The van der Waals surface area contributed by atoms with Crippen LogP contribution in [0.4, 0.5) is 4.79 Å². The summed E-state index contributed by atoms with van der Waals surface area (Å²) < 4.78 is 0. The molecule has 1 saturated heterocycles. The molecule has 15 heavy (non-hydrogen) atoms. The first-order chi connectivity index (χ1) is 7.27. The summed E-state index contributed by atoms with van der Waals surface area (Å²) in [4.78, 5) is 15.2. The van der Waals surface area contributed by atoms with Gasteiger partial charge in [0.15, 0.2) is 0 Å². The molecule has 1 aromatic rings. The molecule has 1 fully saturated rings. The third-order valence-electron chi connectivity index (χ3n) is 2.19. The van der Waals surface area contributed by atoms with Gasteiger partial charge < -0.3 is 5.32 Å². The third kappa shape index (κ3) is 2.12. The van der Waals surface area contributed by atoms with E-state index in [9.17, 15) is 4.79 Å². The lowest BCUT2D eigenvalue weighted by molar-refractivity contribution is 0.210. The number of aromatic nitrogens is 1. The number of carbonyl (C=O) groups is 1. The summed E-state index contributed by atoms with van der Waals surface area (Å²) in [7, 11) is 0. The van der Waals surface area contributed by atoms with Crippen LogP contribution in [-0.4, -0.2) is 34.8 Å². The smallest absolute Gasteiger partial charge is 0.334 e. The van der Waals surface area contributed by atoms with Gasteiger partial charge in [-0.3, -0.25) is 4.98 Å². The Morgan fingerprint density at radius 2 is 2.60 bits per heavy atom. The van der Waals surface area contributed by atoms with Crippen LogP contribution in [-0.2, 0) is 0 Å². The van der Waals surface area contributed by atoms with Crippen molar-refractivity contribution in [2.45, 2.75) is 13.0 Å². The molecule has 1 aliphatic rings. The third-order valence-corrected chi connectivity index (χ3v) is 2.19. The average molecular weight is 204 g/mol. The molecule has 0 spiro atoms. The van der Waals surface area contributed by atoms with E-state index in [1.807, 2.05) is 19.1 Å². The Bertz CT molecular complexity index is 376. The highest BCUT2D eigenvalue weighted by molar-refractivity contribution is 5.82. The second-order valence-corrected chi connectivity index (χ2v) is 3.41. The van der Waals surface area contributed by atoms with Gasteiger partial charge in [0.05, 0.1) is 12.3 Å². The van der Waals surface area contributed by atoms with Crippen LogP contribution >= 0.6 is 0 Å². The van der Waals surface area contributed by atoms with Gasteiger partial charge in [-0.25, -0.2) is 9.80 Å². The van der Waals surface area contributed by atoms with Crippen LogP contribution in [0.3, 0.4) is 0 Å². The molecule has 1 aliphatic heterocycles. The Hall–Kier alpha value is -1.91. The zero-order valence-corrected chi connectivity index (χ0v) is 8.42. The number of carbonyl (C=O) groups excluding carboxylic acids is 1. The van der Waals surface area contributed by atoms with E-state index in [1.165, 1.54) is 5.01 Å². The van der Waals surface area contributed by atoms with Crippen LogP contribution in [0.2, 0.25) is 0 Å². The topological polar surface area (TPSA) is 57.6 Å². The van der Waals surface area contributed by atoms with Crippen molar-refractivity contribution in [3.05, 3.63) is 30.1 Å². The molecule has 78 valence electrons. The maximum Gasteiger partial charge on any atom is 0.338 e. The van der Waals surface area contributed by atoms with Gasteiger partial charge in [0, 0.05) is 24.5 Å². The normalized spacial score (nSPS) is 21.0. The Balaban J connectivity index is 2.08. The van der Waals surface area contributed by atoms with Gasteiger partial charge in [-0.2, -0.15) is 5.10 Å². The molecule has 2 amide bonds. The molecule has 5 nitrogen and oxygen atoms in total. The van der Waals surface area contributed by atoms with Gasteiger partial charge >= 0.3 is 6.03 Å². The summed E-state index contributed by atoms with van der Waals surface area (Å²) >= 11 is 0. The molecule has 0 aliphatic carbocycles. The van der Waals surface area contributed by atoms with E-state index >= 15 is 0 Å². The monoisotopic (exact) mass is 204 g/mol. The molecular weight excluding hydrogens is 192 g/mol. The fourth-order valence-corrected chi connectivity index (χ4v) is 1.35. The molecule has 0 bridgehead atoms. The number of hydrogen-bond acceptors (Lipinski definition) is 3. The van der Waals surface area contributed by atoms with Crippen molar-refractivity contribution < 1.29 is 4.79 Å². The zero-order valence-electron chi connectivity index (χ0n) is 8.42. The molecule has 0 aromatic carbocycles. The Labute approximate surface area is 87.8 Å². The summed E-state index contributed by atoms with van der Waals surface area (Å²) in [5.74, 6) is 0. The summed E-state index contributed by atoms with van der Waals surface area (Å²) in [6.07, 6.45) is 5.03. The highest BCUT2D eigenvalue weighted by Gasteiger charge is 2.26. The van der Waals surface area contributed by atoms with Crippen molar-refractivity contribution in [2.24, 2.45) is 5.10 Å². The van der Waals surface area contributed by atoms with Gasteiger partial charge in [0.1, 0.15) is 0 Å². The average Bonchev–Trinajstić information content (AvgIpc) is 2.58. The van der Waals surface area contributed by atoms with Crippen LogP contribution in [0, 0.1) is 0 Å². The van der Waals surface area contributed by atoms with Crippen molar-refractivity contribution in [1.82, 2.24) is 15.3 Å². The number of urea groups is 1. The molecule has 0 radical (unpaired) electrons. The molecule has 2 heterocycles. The minimum atomic E-state index is -0.150. The van der Waals surface area contributed by atoms with Gasteiger partial charge in [-0.05, 0) is 13.0 Å². The fourth-order valence-electron chi connectivity index (χ4n) is 1.35. The van der Waals surface area contributed by atoms with Crippen molar-refractivity contribution in [3.8, 4) is 0 Å². The minimum absolute atomic E-state index is 0.102. The van der Waals surface area contributed by atoms with Gasteiger partial charge in [0.25, 0.3) is 0 Å². The molecule has 1 aromatic heterocycles. The van der Waals surface area contributed by atoms with Crippen molar-refractivity contribution in [2.75, 3.05) is 6.54 Å². The standard InChI is InChI=1S/C10H12N4O/c1-8-5-12-10(15)14(8)13-7-9-3-2-4-11-6-9/h2-4,6-8H,5H2,1H3,(H,12,15). The molecular formula is C10H12N4O. The van der Waals surface area contributed by atoms with E-state index in [1.54, 1.807) is 18.6 Å². The Morgan fingerprint density at radius 1 is 1.73 bits per heavy atom. The predicted molar refractivity (Wildman–Crippen MR) is 56.5 cm³/mol. The fraction of sp³-hybridized carbons (Fsp3) is 0.300. The number of rotatable bonds is 2. The molecule has 5 heteroatoms. The first kappa shape index (κ1) is 9.64. The van der Waals surface area contributed by atoms with Gasteiger partial charge in [-0.15, -0.1) is 0 Å². The number of amides is 2. The van der Waals surface area contributed by atoms with Crippen LogP contribution in [0.5, 0.6) is 0 Å². The van der Waals surface area contributed by atoms with Gasteiger partial charge in [-0.1, -0.05) is 6.07 Å². The number of hydrazone groups is 1. The van der Waals surface area contributed by atoms with Gasteiger partial charge in [0.2, 0.25) is 0 Å². The summed E-state index contributed by atoms with van der Waals surface area (Å²) in [6, 6.07) is 3.66. The summed E-state index contributed by atoms with van der Waals surface area (Å²) in [5, 5.41) is 8.26. The largest absolute Gasteiger partial charge is 0.338 e. The van der Waals surface area contributed by atoms with E-state index in [4.69, 9.17) is 0 Å². The molecule has 2 rings (SSSR count). The van der Waals surface area contributed by atoms with E-state index in [0.717, 1.165) is 5.56 Å². The second-order valence-electron chi connectivity index (χ2n) is 3.41. The second kappa shape index (κ2) is 4.08.